The molecule has 2 amide bonds. The fourth-order valence-corrected chi connectivity index (χ4v) is 3.94. The average molecular weight is 390 g/mol. The van der Waals surface area contributed by atoms with Crippen molar-refractivity contribution in [3.63, 3.8) is 0 Å². The molecular formula is C23H26N4O2. The maximum Gasteiger partial charge on any atom is 0.278 e. The van der Waals surface area contributed by atoms with Crippen LogP contribution in [0.2, 0.25) is 0 Å². The van der Waals surface area contributed by atoms with E-state index in [-0.39, 0.29) is 18.4 Å². The highest BCUT2D eigenvalue weighted by molar-refractivity contribution is 6.35. The molecule has 0 atom stereocenters. The van der Waals surface area contributed by atoms with Crippen LogP contribution >= 0.6 is 0 Å². The van der Waals surface area contributed by atoms with E-state index in [0.29, 0.717) is 11.3 Å². The molecule has 0 aliphatic carbocycles. The maximum atomic E-state index is 13.4. The third-order valence-electron chi connectivity index (χ3n) is 5.68. The van der Waals surface area contributed by atoms with Gasteiger partial charge in [-0.2, -0.15) is 0 Å². The van der Waals surface area contributed by atoms with Crippen molar-refractivity contribution in [3.8, 4) is 0 Å². The summed E-state index contributed by atoms with van der Waals surface area (Å²) in [4.78, 5) is 36.7. The Kier molecular flexibility index (Phi) is 5.45. The van der Waals surface area contributed by atoms with E-state index >= 15 is 0 Å². The van der Waals surface area contributed by atoms with E-state index in [9.17, 15) is 9.59 Å². The molecule has 1 aromatic carbocycles. The molecule has 0 bridgehead atoms. The number of amides is 2. The molecular weight excluding hydrogens is 364 g/mol. The van der Waals surface area contributed by atoms with Gasteiger partial charge in [-0.15, -0.1) is 0 Å². The molecule has 4 rings (SSSR count). The predicted molar refractivity (Wildman–Crippen MR) is 112 cm³/mol. The third-order valence-corrected chi connectivity index (χ3v) is 5.68. The third kappa shape index (κ3) is 3.80. The molecule has 29 heavy (non-hydrogen) atoms. The summed E-state index contributed by atoms with van der Waals surface area (Å²) in [6, 6.07) is 11.5. The highest BCUT2D eigenvalue weighted by Crippen LogP contribution is 2.33. The monoisotopic (exact) mass is 390 g/mol. The summed E-state index contributed by atoms with van der Waals surface area (Å²) in [6.45, 7) is 8.68. The largest absolute Gasteiger partial charge is 0.364 e. The van der Waals surface area contributed by atoms with Crippen LogP contribution in [-0.4, -0.2) is 64.2 Å². The van der Waals surface area contributed by atoms with Gasteiger partial charge in [0.25, 0.3) is 11.8 Å². The lowest BCUT2D eigenvalue weighted by molar-refractivity contribution is -0.138. The SMILES string of the molecule is CCN1CCN(C2=C(c3ccc(C)cc3)C(=O)N(Cc3cccnc3)C2=O)CC1. The van der Waals surface area contributed by atoms with Gasteiger partial charge in [0.1, 0.15) is 5.70 Å². The quantitative estimate of drug-likeness (QED) is 0.734. The molecule has 2 aliphatic rings. The number of likely N-dealkylation sites (N-methyl/N-ethyl adjacent to an activating group) is 1. The first kappa shape index (κ1) is 19.3. The number of benzene rings is 1. The zero-order valence-corrected chi connectivity index (χ0v) is 17.0. The number of imide groups is 1. The van der Waals surface area contributed by atoms with Crippen LogP contribution in [0.3, 0.4) is 0 Å². The minimum Gasteiger partial charge on any atom is -0.364 e. The fraction of sp³-hybridized carbons (Fsp3) is 0.348. The number of aryl methyl sites for hydroxylation is 1. The molecule has 2 aromatic rings. The number of hydrogen-bond acceptors (Lipinski definition) is 5. The van der Waals surface area contributed by atoms with Crippen LogP contribution in [0.25, 0.3) is 5.57 Å². The van der Waals surface area contributed by atoms with E-state index in [1.165, 1.54) is 4.90 Å². The van der Waals surface area contributed by atoms with E-state index in [1.807, 2.05) is 43.3 Å². The van der Waals surface area contributed by atoms with Crippen molar-refractivity contribution in [2.24, 2.45) is 0 Å². The van der Waals surface area contributed by atoms with Crippen molar-refractivity contribution in [2.45, 2.75) is 20.4 Å². The predicted octanol–water partition coefficient (Wildman–Crippen LogP) is 2.31. The number of carbonyl (C=O) groups excluding carboxylic acids is 2. The zero-order chi connectivity index (χ0) is 20.4. The second-order valence-electron chi connectivity index (χ2n) is 7.57. The van der Waals surface area contributed by atoms with Crippen LogP contribution in [0.5, 0.6) is 0 Å². The number of hydrogen-bond donors (Lipinski definition) is 0. The van der Waals surface area contributed by atoms with Gasteiger partial charge in [0.05, 0.1) is 12.1 Å². The van der Waals surface area contributed by atoms with Gasteiger partial charge in [0.2, 0.25) is 0 Å². The molecule has 6 nitrogen and oxygen atoms in total. The smallest absolute Gasteiger partial charge is 0.278 e. The Bertz CT molecular complexity index is 929. The van der Waals surface area contributed by atoms with Gasteiger partial charge in [0, 0.05) is 38.6 Å². The van der Waals surface area contributed by atoms with E-state index < -0.39 is 0 Å². The molecule has 3 heterocycles. The van der Waals surface area contributed by atoms with Crippen molar-refractivity contribution in [2.75, 3.05) is 32.7 Å². The van der Waals surface area contributed by atoms with Gasteiger partial charge in [-0.1, -0.05) is 42.8 Å². The highest BCUT2D eigenvalue weighted by atomic mass is 16.2. The molecule has 1 fully saturated rings. The Balaban J connectivity index is 1.70. The topological polar surface area (TPSA) is 56.8 Å². The van der Waals surface area contributed by atoms with Crippen LogP contribution in [-0.2, 0) is 16.1 Å². The second-order valence-corrected chi connectivity index (χ2v) is 7.57. The summed E-state index contributed by atoms with van der Waals surface area (Å²) in [7, 11) is 0. The Morgan fingerprint density at radius 2 is 1.69 bits per heavy atom. The molecule has 2 aliphatic heterocycles. The van der Waals surface area contributed by atoms with Gasteiger partial charge < -0.3 is 9.80 Å². The number of pyridine rings is 1. The average Bonchev–Trinajstić information content (AvgIpc) is 3.00. The van der Waals surface area contributed by atoms with Crippen molar-refractivity contribution >= 4 is 17.4 Å². The lowest BCUT2D eigenvalue weighted by Gasteiger charge is -2.36. The molecule has 0 radical (unpaired) electrons. The summed E-state index contributed by atoms with van der Waals surface area (Å²) < 4.78 is 0. The van der Waals surface area contributed by atoms with Gasteiger partial charge in [-0.05, 0) is 30.7 Å². The zero-order valence-electron chi connectivity index (χ0n) is 17.0. The second kappa shape index (κ2) is 8.17. The highest BCUT2D eigenvalue weighted by Gasteiger charge is 2.42. The normalized spacial score (nSPS) is 18.1. The van der Waals surface area contributed by atoms with Crippen LogP contribution < -0.4 is 0 Å². The number of rotatable bonds is 5. The number of nitrogens with zero attached hydrogens (tertiary/aromatic N) is 4. The van der Waals surface area contributed by atoms with Gasteiger partial charge in [-0.3, -0.25) is 19.5 Å². The molecule has 6 heteroatoms. The number of piperazine rings is 1. The minimum atomic E-state index is -0.226. The van der Waals surface area contributed by atoms with E-state index in [2.05, 4.69) is 21.7 Å². The van der Waals surface area contributed by atoms with Crippen LogP contribution in [0.4, 0.5) is 0 Å². The molecule has 0 N–H and O–H groups in total. The molecule has 0 saturated carbocycles. The molecule has 0 spiro atoms. The number of carbonyl (C=O) groups is 2. The molecule has 0 unspecified atom stereocenters. The molecule has 1 aromatic heterocycles. The number of aromatic nitrogens is 1. The lowest BCUT2D eigenvalue weighted by atomic mass is 10.0. The Labute approximate surface area is 171 Å². The molecule has 1 saturated heterocycles. The van der Waals surface area contributed by atoms with E-state index in [4.69, 9.17) is 0 Å². The van der Waals surface area contributed by atoms with Crippen molar-refractivity contribution in [1.29, 1.82) is 0 Å². The van der Waals surface area contributed by atoms with Crippen molar-refractivity contribution in [1.82, 2.24) is 19.7 Å². The summed E-state index contributed by atoms with van der Waals surface area (Å²) in [5, 5.41) is 0. The summed E-state index contributed by atoms with van der Waals surface area (Å²) >= 11 is 0. The Morgan fingerprint density at radius 1 is 0.966 bits per heavy atom. The van der Waals surface area contributed by atoms with Crippen LogP contribution in [0.15, 0.2) is 54.5 Å². The Morgan fingerprint density at radius 3 is 2.31 bits per heavy atom. The first-order valence-electron chi connectivity index (χ1n) is 10.1. The van der Waals surface area contributed by atoms with Crippen LogP contribution in [0.1, 0.15) is 23.6 Å². The first-order valence-corrected chi connectivity index (χ1v) is 10.1. The van der Waals surface area contributed by atoms with Crippen molar-refractivity contribution in [3.05, 3.63) is 71.2 Å². The first-order chi connectivity index (χ1) is 14.1. The van der Waals surface area contributed by atoms with Crippen LogP contribution in [0, 0.1) is 6.92 Å². The van der Waals surface area contributed by atoms with Gasteiger partial charge >= 0.3 is 0 Å². The van der Waals surface area contributed by atoms with Gasteiger partial charge in [0.15, 0.2) is 0 Å². The maximum absolute atomic E-state index is 13.4. The summed E-state index contributed by atoms with van der Waals surface area (Å²) in [5.74, 6) is -0.435. The van der Waals surface area contributed by atoms with Crippen molar-refractivity contribution < 1.29 is 9.59 Å². The Hall–Kier alpha value is -2.99. The summed E-state index contributed by atoms with van der Waals surface area (Å²) in [5.41, 5.74) is 3.82. The summed E-state index contributed by atoms with van der Waals surface area (Å²) in [6.07, 6.45) is 3.38. The minimum absolute atomic E-state index is 0.209. The van der Waals surface area contributed by atoms with Gasteiger partial charge in [-0.25, -0.2) is 0 Å². The molecule has 150 valence electrons. The fourth-order valence-electron chi connectivity index (χ4n) is 3.94. The van der Waals surface area contributed by atoms with E-state index in [1.54, 1.807) is 12.4 Å². The van der Waals surface area contributed by atoms with E-state index in [0.717, 1.165) is 49.4 Å². The lowest BCUT2D eigenvalue weighted by Crippen LogP contribution is -2.47. The standard InChI is InChI=1S/C23H26N4O2/c1-3-25-11-13-26(14-12-25)21-20(19-8-6-17(2)7-9-19)22(28)27(23(21)29)16-18-5-4-10-24-15-18/h4-10,15H,3,11-14,16H2,1-2H3.